The van der Waals surface area contributed by atoms with E-state index < -0.39 is 11.4 Å². The number of anilines is 3. The van der Waals surface area contributed by atoms with Crippen LogP contribution in [0.3, 0.4) is 0 Å². The molecule has 19 nitrogen and oxygen atoms in total. The van der Waals surface area contributed by atoms with Crippen LogP contribution in [0.1, 0.15) is 0 Å². The minimum absolute atomic E-state index is 0.0783. The zero-order valence-corrected chi connectivity index (χ0v) is 18.6. The van der Waals surface area contributed by atoms with Crippen molar-refractivity contribution in [2.45, 2.75) is 0 Å². The molecule has 0 atom stereocenters. The molecule has 0 saturated heterocycles. The molecule has 0 saturated carbocycles. The lowest BCUT2D eigenvalue weighted by Crippen LogP contribution is -2.19. The molecule has 0 aliphatic heterocycles. The summed E-state index contributed by atoms with van der Waals surface area (Å²) in [5.74, 6) is 0.849. The Morgan fingerprint density at radius 3 is 2.03 bits per heavy atom. The highest BCUT2D eigenvalue weighted by atomic mass is 16.2. The molecule has 6 heterocycles. The Balaban J connectivity index is 0.000000139. The second-order valence-corrected chi connectivity index (χ2v) is 6.54. The summed E-state index contributed by atoms with van der Waals surface area (Å²) in [4.78, 5) is 78.4. The molecule has 12 N–H and O–H groups in total. The van der Waals surface area contributed by atoms with Gasteiger partial charge in [-0.3, -0.25) is 24.5 Å². The summed E-state index contributed by atoms with van der Waals surface area (Å²) in [6.07, 6.45) is 6.97. The Bertz CT molecular complexity index is 1800. The average molecular weight is 509 g/mol. The van der Waals surface area contributed by atoms with Crippen molar-refractivity contribution in [2.75, 3.05) is 17.2 Å². The lowest BCUT2D eigenvalue weighted by Gasteiger charge is -1.89. The van der Waals surface area contributed by atoms with E-state index in [0.29, 0.717) is 34.0 Å². The van der Waals surface area contributed by atoms with Crippen LogP contribution in [0.2, 0.25) is 0 Å². The summed E-state index contributed by atoms with van der Waals surface area (Å²) in [5.41, 5.74) is 16.3. The van der Waals surface area contributed by atoms with Crippen molar-refractivity contribution in [3.05, 3.63) is 85.2 Å². The highest BCUT2D eigenvalue weighted by molar-refractivity contribution is 5.80. The van der Waals surface area contributed by atoms with Crippen LogP contribution in [0.15, 0.2) is 62.7 Å². The van der Waals surface area contributed by atoms with Gasteiger partial charge in [0, 0.05) is 18.5 Å². The van der Waals surface area contributed by atoms with Crippen LogP contribution in [0.4, 0.5) is 17.6 Å². The third kappa shape index (κ3) is 7.43. The van der Waals surface area contributed by atoms with Crippen molar-refractivity contribution >= 4 is 39.9 Å². The number of nitrogens with zero attached hydrogens (tertiary/aromatic N) is 6. The molecule has 0 unspecified atom stereocenters. The minimum Gasteiger partial charge on any atom is -0.385 e. The van der Waals surface area contributed by atoms with Crippen LogP contribution in [0.5, 0.6) is 0 Å². The molecule has 19 heteroatoms. The maximum absolute atomic E-state index is 11.0. The largest absolute Gasteiger partial charge is 0.385 e. The number of nitrogens with two attached hydrogens (primary N) is 3. The van der Waals surface area contributed by atoms with E-state index in [1.165, 1.54) is 43.5 Å². The van der Waals surface area contributed by atoms with Gasteiger partial charge in [-0.1, -0.05) is 0 Å². The lowest BCUT2D eigenvalue weighted by atomic mass is 10.5. The fraction of sp³-hybridized carbons (Fsp3) is 0. The zero-order chi connectivity index (χ0) is 26.8. The summed E-state index contributed by atoms with van der Waals surface area (Å²) in [6.45, 7) is 0. The van der Waals surface area contributed by atoms with Gasteiger partial charge in [0.2, 0.25) is 5.95 Å². The van der Waals surface area contributed by atoms with Gasteiger partial charge < -0.3 is 32.2 Å². The second-order valence-electron chi connectivity index (χ2n) is 6.54. The van der Waals surface area contributed by atoms with Crippen molar-refractivity contribution in [1.29, 1.82) is 0 Å². The van der Waals surface area contributed by atoms with Crippen LogP contribution in [0, 0.1) is 0 Å². The van der Waals surface area contributed by atoms with Crippen molar-refractivity contribution in [1.82, 2.24) is 59.8 Å². The molecule has 0 spiro atoms. The summed E-state index contributed by atoms with van der Waals surface area (Å²) >= 11 is 0. The summed E-state index contributed by atoms with van der Waals surface area (Å²) in [7, 11) is 0. The molecular formula is C18H19N15O4. The molecule has 0 aliphatic rings. The van der Waals surface area contributed by atoms with Gasteiger partial charge in [-0.2, -0.15) is 4.98 Å². The fourth-order valence-electron chi connectivity index (χ4n) is 2.41. The topological polar surface area (TPSA) is 318 Å². The smallest absolute Gasteiger partial charge is 0.346 e. The number of nitrogens with one attached hydrogen (secondary N) is 6. The summed E-state index contributed by atoms with van der Waals surface area (Å²) in [6, 6.07) is 2.75. The number of rotatable bonds is 0. The van der Waals surface area contributed by atoms with Gasteiger partial charge in [-0.05, 0) is 6.07 Å². The van der Waals surface area contributed by atoms with E-state index in [1.54, 1.807) is 0 Å². The first-order chi connectivity index (χ1) is 17.7. The van der Waals surface area contributed by atoms with Gasteiger partial charge in [0.25, 0.3) is 11.1 Å². The lowest BCUT2D eigenvalue weighted by molar-refractivity contribution is 1.04. The van der Waals surface area contributed by atoms with Crippen LogP contribution >= 0.6 is 0 Å². The molecule has 37 heavy (non-hydrogen) atoms. The predicted octanol–water partition coefficient (Wildman–Crippen LogP) is -2.42. The maximum atomic E-state index is 11.0. The van der Waals surface area contributed by atoms with E-state index in [1.807, 2.05) is 4.98 Å². The van der Waals surface area contributed by atoms with E-state index in [2.05, 4.69) is 54.8 Å². The van der Waals surface area contributed by atoms with E-state index in [4.69, 9.17) is 17.2 Å². The highest BCUT2D eigenvalue weighted by Gasteiger charge is 2.02. The molecule has 6 rings (SSSR count). The molecule has 0 amide bonds. The first kappa shape index (κ1) is 25.5. The first-order valence-corrected chi connectivity index (χ1v) is 9.90. The molecule has 0 fully saturated rings. The second kappa shape index (κ2) is 11.8. The number of hydrogen-bond acceptors (Lipinski definition) is 13. The standard InChI is InChI=1S/C5H5N5O.C5H5N5.C4H5N3O.C4H4N2O2/c6-5-9-3-2(4(11)10-5)7-1-8-3;6-4-3-5(9-1-7-3)10-2-8-4;5-3-1-2-6-4(8)7-3;7-3-1-2-5-4(8)6-3/h1H,(H4,6,7,8,9,10,11);1-2H,(H3,6,7,8,9,10);1-2H,(H3,5,6,7,8);1-2H,(H2,5,6,7,8). The SMILES string of the molecule is Nc1ccnc(=O)[nH]1.Nc1nc2nc[nH]c2c(=O)[nH]1.Nc1ncnc2nc[nH]c12.O=c1cc[nH]c(=O)[nH]1. The molecule has 0 aliphatic carbocycles. The van der Waals surface area contributed by atoms with E-state index >= 15 is 0 Å². The normalized spacial score (nSPS) is 9.84. The van der Waals surface area contributed by atoms with E-state index in [0.717, 1.165) is 0 Å². The predicted molar refractivity (Wildman–Crippen MR) is 132 cm³/mol. The van der Waals surface area contributed by atoms with Gasteiger partial charge in [0.15, 0.2) is 22.6 Å². The average Bonchev–Trinajstić information content (AvgIpc) is 3.51. The van der Waals surface area contributed by atoms with E-state index in [-0.39, 0.29) is 17.1 Å². The Kier molecular flexibility index (Phi) is 8.14. The Morgan fingerprint density at radius 1 is 0.703 bits per heavy atom. The third-order valence-corrected chi connectivity index (χ3v) is 3.95. The first-order valence-electron chi connectivity index (χ1n) is 9.90. The number of H-pyrrole nitrogens is 6. The minimum atomic E-state index is -0.475. The molecule has 190 valence electrons. The highest BCUT2D eigenvalue weighted by Crippen LogP contribution is 2.09. The summed E-state index contributed by atoms with van der Waals surface area (Å²) < 4.78 is 0. The number of aromatic amines is 6. The molecule has 6 aromatic heterocycles. The number of fused-ring (bicyclic) bond motifs is 2. The van der Waals surface area contributed by atoms with Crippen LogP contribution in [-0.2, 0) is 0 Å². The van der Waals surface area contributed by atoms with Crippen LogP contribution < -0.4 is 39.7 Å². The van der Waals surface area contributed by atoms with Crippen LogP contribution in [0.25, 0.3) is 22.3 Å². The zero-order valence-electron chi connectivity index (χ0n) is 18.6. The van der Waals surface area contributed by atoms with Crippen LogP contribution in [-0.4, -0.2) is 59.8 Å². The number of nitrogen functional groups attached to an aromatic ring is 3. The molecular weight excluding hydrogens is 490 g/mol. The van der Waals surface area contributed by atoms with Crippen molar-refractivity contribution in [3.63, 3.8) is 0 Å². The van der Waals surface area contributed by atoms with Crippen molar-refractivity contribution < 1.29 is 0 Å². The van der Waals surface area contributed by atoms with Gasteiger partial charge in [-0.15, -0.1) is 0 Å². The molecule has 0 radical (unpaired) electrons. The van der Waals surface area contributed by atoms with Gasteiger partial charge in [0.1, 0.15) is 17.7 Å². The number of hydrogen-bond donors (Lipinski definition) is 9. The number of imidazole rings is 2. The fourth-order valence-corrected chi connectivity index (χ4v) is 2.41. The van der Waals surface area contributed by atoms with Gasteiger partial charge >= 0.3 is 11.4 Å². The van der Waals surface area contributed by atoms with E-state index in [9.17, 15) is 19.2 Å². The molecule has 0 bridgehead atoms. The summed E-state index contributed by atoms with van der Waals surface area (Å²) in [5, 5.41) is 0. The maximum Gasteiger partial charge on any atom is 0.346 e. The Morgan fingerprint density at radius 2 is 1.43 bits per heavy atom. The van der Waals surface area contributed by atoms with Crippen molar-refractivity contribution in [2.24, 2.45) is 0 Å². The third-order valence-electron chi connectivity index (χ3n) is 3.95. The quantitative estimate of drug-likeness (QED) is 0.103. The molecule has 0 aromatic carbocycles. The van der Waals surface area contributed by atoms with Gasteiger partial charge in [-0.25, -0.2) is 34.5 Å². The van der Waals surface area contributed by atoms with Gasteiger partial charge in [0.05, 0.1) is 12.7 Å². The van der Waals surface area contributed by atoms with Crippen molar-refractivity contribution in [3.8, 4) is 0 Å². The monoisotopic (exact) mass is 509 g/mol. The Hall–Kier alpha value is -6.14. The Labute approximate surface area is 202 Å². The molecule has 6 aromatic rings. The number of aromatic nitrogens is 12.